The van der Waals surface area contributed by atoms with E-state index in [2.05, 4.69) is 16.0 Å². The summed E-state index contributed by atoms with van der Waals surface area (Å²) >= 11 is 5.94. The van der Waals surface area contributed by atoms with Gasteiger partial charge in [0.25, 0.3) is 0 Å². The lowest BCUT2D eigenvalue weighted by atomic mass is 10.0. The van der Waals surface area contributed by atoms with Crippen LogP contribution in [0.2, 0.25) is 5.02 Å². The molecule has 2 aliphatic heterocycles. The van der Waals surface area contributed by atoms with Gasteiger partial charge in [-0.25, -0.2) is 13.2 Å². The summed E-state index contributed by atoms with van der Waals surface area (Å²) in [5.41, 5.74) is 0.496. The van der Waals surface area contributed by atoms with Crippen molar-refractivity contribution in [2.75, 3.05) is 18.2 Å². The molecule has 3 atom stereocenters. The van der Waals surface area contributed by atoms with E-state index < -0.39 is 15.1 Å². The van der Waals surface area contributed by atoms with Crippen molar-refractivity contribution in [1.29, 1.82) is 0 Å². The van der Waals surface area contributed by atoms with Crippen LogP contribution in [-0.4, -0.2) is 50.6 Å². The predicted molar refractivity (Wildman–Crippen MR) is 102 cm³/mol. The fourth-order valence-electron chi connectivity index (χ4n) is 3.63. The Morgan fingerprint density at radius 3 is 2.85 bits per heavy atom. The van der Waals surface area contributed by atoms with Crippen LogP contribution in [0.4, 0.5) is 10.5 Å². The van der Waals surface area contributed by atoms with E-state index in [4.69, 9.17) is 16.3 Å². The third-order valence-corrected chi connectivity index (χ3v) is 7.41. The van der Waals surface area contributed by atoms with Crippen molar-refractivity contribution in [3.63, 3.8) is 0 Å². The summed E-state index contributed by atoms with van der Waals surface area (Å²) in [6.07, 6.45) is 1.78. The average Bonchev–Trinajstić information content (AvgIpc) is 3.03. The first-order valence-corrected chi connectivity index (χ1v) is 10.8. The van der Waals surface area contributed by atoms with Crippen LogP contribution in [0, 0.1) is 0 Å². The number of anilines is 1. The van der Waals surface area contributed by atoms with Crippen molar-refractivity contribution < 1.29 is 22.7 Å². The second kappa shape index (κ2) is 7.93. The van der Waals surface area contributed by atoms with E-state index in [0.29, 0.717) is 35.7 Å². The lowest BCUT2D eigenvalue weighted by Gasteiger charge is -2.16. The Bertz CT molecular complexity index is 845. The second-order valence-corrected chi connectivity index (χ2v) is 9.46. The molecule has 10 heteroatoms. The van der Waals surface area contributed by atoms with Crippen molar-refractivity contribution in [2.24, 2.45) is 0 Å². The number of hydrogen-bond donors (Lipinski definition) is 3. The number of nitrogens with one attached hydrogen (secondary N) is 3. The molecule has 0 aromatic heterocycles. The Hall–Kier alpha value is -2.00. The minimum Gasteiger partial charge on any atom is -0.495 e. The van der Waals surface area contributed by atoms with Gasteiger partial charge in [-0.1, -0.05) is 18.0 Å². The normalized spacial score (nSPS) is 25.4. The van der Waals surface area contributed by atoms with Crippen LogP contribution in [0.5, 0.6) is 5.75 Å². The number of hydrogen-bond acceptors (Lipinski definition) is 5. The molecule has 3 N–H and O–H groups in total. The number of carbonyl (C=O) groups excluding carboxylic acids is 2. The first-order valence-electron chi connectivity index (χ1n) is 8.72. The standard InChI is InChI=1S/C17H22ClN3O5S/c1-26-13-7-6-10(18)8-11(13)19-15(22)5-3-2-4-14-16-12(9-27(14,24)25)20-17(23)21-16/h6-8,12,14,16H,2-5,9H2,1H3,(H,19,22)(H2,20,21,23)/t12-,14+,16+/m0/s1. The molecular weight excluding hydrogens is 394 g/mol. The van der Waals surface area contributed by atoms with Gasteiger partial charge in [0.15, 0.2) is 9.84 Å². The van der Waals surface area contributed by atoms with Crippen molar-refractivity contribution >= 4 is 39.1 Å². The second-order valence-electron chi connectivity index (χ2n) is 6.76. The summed E-state index contributed by atoms with van der Waals surface area (Å²) in [6, 6.07) is 3.89. The first-order chi connectivity index (χ1) is 12.8. The SMILES string of the molecule is COc1ccc(Cl)cc1NC(=O)CCCC[C@@H]1[C@@H]2NC(=O)N[C@H]2CS1(=O)=O. The number of urea groups is 1. The molecule has 0 unspecified atom stereocenters. The van der Waals surface area contributed by atoms with Crippen molar-refractivity contribution in [1.82, 2.24) is 10.6 Å². The van der Waals surface area contributed by atoms with Crippen LogP contribution in [0.15, 0.2) is 18.2 Å². The number of ether oxygens (including phenoxy) is 1. The highest BCUT2D eigenvalue weighted by atomic mass is 35.5. The zero-order valence-corrected chi connectivity index (χ0v) is 16.4. The number of methoxy groups -OCH3 is 1. The molecule has 0 bridgehead atoms. The maximum atomic E-state index is 12.3. The monoisotopic (exact) mass is 415 g/mol. The molecule has 8 nitrogen and oxygen atoms in total. The summed E-state index contributed by atoms with van der Waals surface area (Å²) in [7, 11) is -1.74. The highest BCUT2D eigenvalue weighted by Crippen LogP contribution is 2.29. The van der Waals surface area contributed by atoms with Crippen LogP contribution in [-0.2, 0) is 14.6 Å². The molecule has 2 heterocycles. The summed E-state index contributed by atoms with van der Waals surface area (Å²) in [5, 5.41) is 7.97. The summed E-state index contributed by atoms with van der Waals surface area (Å²) in [4.78, 5) is 23.5. The lowest BCUT2D eigenvalue weighted by molar-refractivity contribution is -0.116. The fraction of sp³-hybridized carbons (Fsp3) is 0.529. The molecule has 0 radical (unpaired) electrons. The molecular formula is C17H22ClN3O5S. The van der Waals surface area contributed by atoms with E-state index in [1.165, 1.54) is 7.11 Å². The smallest absolute Gasteiger partial charge is 0.315 e. The number of fused-ring (bicyclic) bond motifs is 1. The Labute approximate surface area is 162 Å². The third-order valence-electron chi connectivity index (χ3n) is 4.90. The fourth-order valence-corrected chi connectivity index (χ4v) is 6.07. The molecule has 3 amide bonds. The molecule has 0 aliphatic carbocycles. The molecule has 2 saturated heterocycles. The number of benzene rings is 1. The largest absolute Gasteiger partial charge is 0.495 e. The zero-order chi connectivity index (χ0) is 19.6. The zero-order valence-electron chi connectivity index (χ0n) is 14.8. The van der Waals surface area contributed by atoms with Gasteiger partial charge in [0.2, 0.25) is 5.91 Å². The van der Waals surface area contributed by atoms with Crippen LogP contribution in [0.25, 0.3) is 0 Å². The van der Waals surface area contributed by atoms with Gasteiger partial charge < -0.3 is 20.7 Å². The average molecular weight is 416 g/mol. The van der Waals surface area contributed by atoms with Gasteiger partial charge in [0.1, 0.15) is 5.75 Å². The maximum absolute atomic E-state index is 12.3. The molecule has 0 saturated carbocycles. The number of rotatable bonds is 7. The summed E-state index contributed by atoms with van der Waals surface area (Å²) < 4.78 is 29.7. The predicted octanol–water partition coefficient (Wildman–Crippen LogP) is 1.69. The van der Waals surface area contributed by atoms with Gasteiger partial charge in [-0.2, -0.15) is 0 Å². The molecule has 1 aromatic rings. The lowest BCUT2D eigenvalue weighted by Crippen LogP contribution is -2.39. The Morgan fingerprint density at radius 1 is 1.33 bits per heavy atom. The minimum atomic E-state index is -3.24. The summed E-state index contributed by atoms with van der Waals surface area (Å²) in [5.74, 6) is 0.287. The van der Waals surface area contributed by atoms with Crippen LogP contribution in [0.3, 0.4) is 0 Å². The first kappa shape index (κ1) is 19.8. The van der Waals surface area contributed by atoms with Crippen LogP contribution in [0.1, 0.15) is 25.7 Å². The molecule has 2 fully saturated rings. The quantitative estimate of drug-likeness (QED) is 0.463. The van der Waals surface area contributed by atoms with E-state index in [0.717, 1.165) is 0 Å². The van der Waals surface area contributed by atoms with E-state index in [1.54, 1.807) is 18.2 Å². The van der Waals surface area contributed by atoms with Gasteiger partial charge in [-0.05, 0) is 31.0 Å². The minimum absolute atomic E-state index is 0.0316. The number of amides is 3. The van der Waals surface area contributed by atoms with Gasteiger partial charge in [-0.3, -0.25) is 4.79 Å². The highest BCUT2D eigenvalue weighted by Gasteiger charge is 2.51. The Kier molecular flexibility index (Phi) is 5.81. The van der Waals surface area contributed by atoms with E-state index in [-0.39, 0.29) is 36.2 Å². The molecule has 2 aliphatic rings. The van der Waals surface area contributed by atoms with Gasteiger partial charge in [-0.15, -0.1) is 0 Å². The number of unbranched alkanes of at least 4 members (excludes halogenated alkanes) is 1. The number of halogens is 1. The topological polar surface area (TPSA) is 114 Å². The maximum Gasteiger partial charge on any atom is 0.315 e. The van der Waals surface area contributed by atoms with E-state index in [9.17, 15) is 18.0 Å². The Balaban J connectivity index is 1.48. The van der Waals surface area contributed by atoms with Gasteiger partial charge in [0.05, 0.1) is 35.9 Å². The number of carbonyl (C=O) groups is 2. The van der Waals surface area contributed by atoms with Crippen molar-refractivity contribution in [3.8, 4) is 5.75 Å². The van der Waals surface area contributed by atoms with Crippen molar-refractivity contribution in [2.45, 2.75) is 43.0 Å². The highest BCUT2D eigenvalue weighted by molar-refractivity contribution is 7.92. The third kappa shape index (κ3) is 4.47. The van der Waals surface area contributed by atoms with E-state index in [1.807, 2.05) is 0 Å². The molecule has 1 aromatic carbocycles. The molecule has 0 spiro atoms. The number of sulfone groups is 1. The van der Waals surface area contributed by atoms with Gasteiger partial charge in [0, 0.05) is 11.4 Å². The molecule has 27 heavy (non-hydrogen) atoms. The summed E-state index contributed by atoms with van der Waals surface area (Å²) in [6.45, 7) is 0. The van der Waals surface area contributed by atoms with Crippen LogP contribution < -0.4 is 20.7 Å². The van der Waals surface area contributed by atoms with Gasteiger partial charge >= 0.3 is 6.03 Å². The van der Waals surface area contributed by atoms with Crippen LogP contribution >= 0.6 is 11.6 Å². The Morgan fingerprint density at radius 2 is 2.11 bits per heavy atom. The van der Waals surface area contributed by atoms with Crippen molar-refractivity contribution in [3.05, 3.63) is 23.2 Å². The van der Waals surface area contributed by atoms with E-state index >= 15 is 0 Å². The molecule has 148 valence electrons. The molecule has 3 rings (SSSR count).